The Bertz CT molecular complexity index is 424. The van der Waals surface area contributed by atoms with Gasteiger partial charge in [0.1, 0.15) is 6.10 Å². The van der Waals surface area contributed by atoms with E-state index in [0.717, 1.165) is 18.4 Å². The molecule has 2 N–H and O–H groups in total. The van der Waals surface area contributed by atoms with E-state index in [4.69, 9.17) is 14.6 Å². The second-order valence-corrected chi connectivity index (χ2v) is 5.16. The largest absolute Gasteiger partial charge is 0.394 e. The first-order valence-electron chi connectivity index (χ1n) is 7.43. The van der Waals surface area contributed by atoms with Crippen molar-refractivity contribution in [3.05, 3.63) is 35.9 Å². The Labute approximate surface area is 125 Å². The molecule has 0 spiro atoms. The fourth-order valence-corrected chi connectivity index (χ4v) is 2.43. The predicted octanol–water partition coefficient (Wildman–Crippen LogP) is 0.902. The van der Waals surface area contributed by atoms with Crippen LogP contribution in [0.4, 0.5) is 0 Å². The molecule has 21 heavy (non-hydrogen) atoms. The number of carbonyl (C=O) groups is 1. The highest BCUT2D eigenvalue weighted by atomic mass is 16.5. The number of nitrogens with one attached hydrogen (secondary N) is 1. The molecular formula is C16H23NO4. The van der Waals surface area contributed by atoms with Gasteiger partial charge in [0, 0.05) is 13.0 Å². The molecule has 0 aromatic heterocycles. The van der Waals surface area contributed by atoms with Gasteiger partial charge in [0.2, 0.25) is 5.91 Å². The summed E-state index contributed by atoms with van der Waals surface area (Å²) in [7, 11) is 0. The highest BCUT2D eigenvalue weighted by molar-refractivity contribution is 5.76. The van der Waals surface area contributed by atoms with Crippen LogP contribution in [0.15, 0.2) is 30.3 Å². The lowest BCUT2D eigenvalue weighted by Gasteiger charge is -2.32. The molecule has 1 fully saturated rings. The van der Waals surface area contributed by atoms with Gasteiger partial charge >= 0.3 is 0 Å². The number of rotatable bonds is 7. The first kappa shape index (κ1) is 15.9. The van der Waals surface area contributed by atoms with E-state index in [1.165, 1.54) is 0 Å². The Morgan fingerprint density at radius 3 is 2.95 bits per heavy atom. The Morgan fingerprint density at radius 2 is 2.19 bits per heavy atom. The molecule has 5 heteroatoms. The fraction of sp³-hybridized carbons (Fsp3) is 0.562. The van der Waals surface area contributed by atoms with E-state index >= 15 is 0 Å². The zero-order valence-electron chi connectivity index (χ0n) is 12.2. The van der Waals surface area contributed by atoms with E-state index in [1.54, 1.807) is 0 Å². The summed E-state index contributed by atoms with van der Waals surface area (Å²) in [6, 6.07) is 9.93. The first-order valence-corrected chi connectivity index (χ1v) is 7.43. The maximum absolute atomic E-state index is 12.0. The summed E-state index contributed by atoms with van der Waals surface area (Å²) in [6.07, 6.45) is 1.77. The molecule has 1 aromatic rings. The Hall–Kier alpha value is -1.43. The third-order valence-corrected chi connectivity index (χ3v) is 3.56. The van der Waals surface area contributed by atoms with Crippen LogP contribution in [0.2, 0.25) is 0 Å². The van der Waals surface area contributed by atoms with Crippen molar-refractivity contribution in [2.75, 3.05) is 26.4 Å². The average Bonchev–Trinajstić information content (AvgIpc) is 2.53. The van der Waals surface area contributed by atoms with Crippen LogP contribution in [0.3, 0.4) is 0 Å². The summed E-state index contributed by atoms with van der Waals surface area (Å²) in [5, 5.41) is 11.8. The molecule has 1 amide bonds. The van der Waals surface area contributed by atoms with Crippen LogP contribution in [0.5, 0.6) is 0 Å². The second kappa shape index (κ2) is 8.77. The topological polar surface area (TPSA) is 67.8 Å². The van der Waals surface area contributed by atoms with Crippen LogP contribution >= 0.6 is 0 Å². The summed E-state index contributed by atoms with van der Waals surface area (Å²) in [4.78, 5) is 12.0. The van der Waals surface area contributed by atoms with Crippen molar-refractivity contribution in [3.8, 4) is 0 Å². The van der Waals surface area contributed by atoms with Gasteiger partial charge in [-0.1, -0.05) is 30.3 Å². The molecule has 0 radical (unpaired) electrons. The zero-order chi connectivity index (χ0) is 14.9. The molecule has 1 saturated heterocycles. The quantitative estimate of drug-likeness (QED) is 0.784. The van der Waals surface area contributed by atoms with Crippen molar-refractivity contribution < 1.29 is 19.4 Å². The van der Waals surface area contributed by atoms with Crippen LogP contribution in [-0.4, -0.2) is 49.6 Å². The number of aryl methyl sites for hydroxylation is 1. The number of benzene rings is 1. The van der Waals surface area contributed by atoms with Gasteiger partial charge in [0.25, 0.3) is 0 Å². The molecule has 1 aromatic carbocycles. The van der Waals surface area contributed by atoms with Crippen LogP contribution in [0.1, 0.15) is 18.4 Å². The van der Waals surface area contributed by atoms with Crippen LogP contribution in [0.25, 0.3) is 0 Å². The van der Waals surface area contributed by atoms with Gasteiger partial charge in [-0.2, -0.15) is 0 Å². The Morgan fingerprint density at radius 1 is 1.38 bits per heavy atom. The average molecular weight is 293 g/mol. The van der Waals surface area contributed by atoms with Crippen LogP contribution < -0.4 is 5.32 Å². The number of hydrogen-bond donors (Lipinski definition) is 2. The van der Waals surface area contributed by atoms with E-state index in [-0.39, 0.29) is 31.3 Å². The monoisotopic (exact) mass is 293 g/mol. The molecule has 1 aliphatic rings. The number of ether oxygens (including phenoxy) is 2. The van der Waals surface area contributed by atoms with Gasteiger partial charge in [-0.05, 0) is 18.4 Å². The molecule has 5 nitrogen and oxygen atoms in total. The van der Waals surface area contributed by atoms with Gasteiger partial charge in [-0.25, -0.2) is 0 Å². The molecule has 116 valence electrons. The summed E-state index contributed by atoms with van der Waals surface area (Å²) >= 11 is 0. The summed E-state index contributed by atoms with van der Waals surface area (Å²) in [5.74, 6) is 0.0309. The van der Waals surface area contributed by atoms with E-state index in [2.05, 4.69) is 5.32 Å². The smallest absolute Gasteiger partial charge is 0.220 e. The molecule has 1 heterocycles. The third kappa shape index (κ3) is 5.46. The maximum Gasteiger partial charge on any atom is 0.220 e. The predicted molar refractivity (Wildman–Crippen MR) is 79.0 cm³/mol. The number of aliphatic hydroxyl groups is 1. The van der Waals surface area contributed by atoms with E-state index < -0.39 is 0 Å². The van der Waals surface area contributed by atoms with E-state index in [9.17, 15) is 4.79 Å². The summed E-state index contributed by atoms with van der Waals surface area (Å²) < 4.78 is 10.9. The van der Waals surface area contributed by atoms with Crippen LogP contribution in [-0.2, 0) is 20.7 Å². The lowest BCUT2D eigenvalue weighted by atomic mass is 10.0. The molecular weight excluding hydrogens is 270 g/mol. The molecule has 1 aliphatic heterocycles. The van der Waals surface area contributed by atoms with Crippen molar-refractivity contribution in [3.63, 3.8) is 0 Å². The van der Waals surface area contributed by atoms with Gasteiger partial charge in [-0.15, -0.1) is 0 Å². The normalized spacial score (nSPS) is 22.0. The van der Waals surface area contributed by atoms with Crippen molar-refractivity contribution in [1.82, 2.24) is 5.32 Å². The molecule has 0 unspecified atom stereocenters. The number of amides is 1. The molecule has 0 saturated carbocycles. The Balaban J connectivity index is 1.77. The molecule has 0 aliphatic carbocycles. The lowest BCUT2D eigenvalue weighted by molar-refractivity contribution is -0.126. The molecule has 0 bridgehead atoms. The second-order valence-electron chi connectivity index (χ2n) is 5.16. The van der Waals surface area contributed by atoms with Crippen LogP contribution in [0, 0.1) is 0 Å². The van der Waals surface area contributed by atoms with Gasteiger partial charge in [-0.3, -0.25) is 4.79 Å². The number of aliphatic hydroxyl groups excluding tert-OH is 1. The van der Waals surface area contributed by atoms with Crippen molar-refractivity contribution in [2.45, 2.75) is 31.4 Å². The number of carbonyl (C=O) groups excluding carboxylic acids is 1. The SMILES string of the molecule is O=C(CCc1ccccc1)N[C@@H]1CCOC[C@H]1OCCO. The summed E-state index contributed by atoms with van der Waals surface area (Å²) in [5.41, 5.74) is 1.16. The minimum atomic E-state index is -0.174. The zero-order valence-corrected chi connectivity index (χ0v) is 12.2. The third-order valence-electron chi connectivity index (χ3n) is 3.56. The first-order chi connectivity index (χ1) is 10.3. The van der Waals surface area contributed by atoms with Crippen molar-refractivity contribution >= 4 is 5.91 Å². The van der Waals surface area contributed by atoms with Gasteiger partial charge < -0.3 is 19.9 Å². The molecule has 2 atom stereocenters. The standard InChI is InChI=1S/C16H23NO4/c18-9-11-21-15-12-20-10-8-14(15)17-16(19)7-6-13-4-2-1-3-5-13/h1-5,14-15,18H,6-12H2,(H,17,19)/t14-,15-/m1/s1. The minimum absolute atomic E-state index is 0.0226. The van der Waals surface area contributed by atoms with E-state index in [1.807, 2.05) is 30.3 Å². The maximum atomic E-state index is 12.0. The Kier molecular flexibility index (Phi) is 6.66. The lowest BCUT2D eigenvalue weighted by Crippen LogP contribution is -2.50. The fourth-order valence-electron chi connectivity index (χ4n) is 2.43. The summed E-state index contributed by atoms with van der Waals surface area (Å²) in [6.45, 7) is 1.34. The number of hydrogen-bond acceptors (Lipinski definition) is 4. The highest BCUT2D eigenvalue weighted by Gasteiger charge is 2.27. The van der Waals surface area contributed by atoms with Gasteiger partial charge in [0.05, 0.1) is 25.9 Å². The van der Waals surface area contributed by atoms with Crippen molar-refractivity contribution in [1.29, 1.82) is 0 Å². The minimum Gasteiger partial charge on any atom is -0.394 e. The highest BCUT2D eigenvalue weighted by Crippen LogP contribution is 2.12. The molecule has 2 rings (SSSR count). The van der Waals surface area contributed by atoms with E-state index in [0.29, 0.717) is 19.6 Å². The van der Waals surface area contributed by atoms with Crippen molar-refractivity contribution in [2.24, 2.45) is 0 Å². The van der Waals surface area contributed by atoms with Gasteiger partial charge in [0.15, 0.2) is 0 Å².